The van der Waals surface area contributed by atoms with E-state index in [2.05, 4.69) is 121 Å². The summed E-state index contributed by atoms with van der Waals surface area (Å²) in [6.07, 6.45) is 4.04. The maximum absolute atomic E-state index is 11.2. The van der Waals surface area contributed by atoms with Gasteiger partial charge in [0, 0.05) is 26.8 Å². The summed E-state index contributed by atoms with van der Waals surface area (Å²) in [6.45, 7) is 30.7. The Morgan fingerprint density at radius 1 is 0.686 bits per heavy atom. The Balaban J connectivity index is 2.50. The zero-order valence-corrected chi connectivity index (χ0v) is 26.3. The van der Waals surface area contributed by atoms with Crippen LogP contribution in [0.25, 0.3) is 0 Å². The van der Waals surface area contributed by atoms with Crippen molar-refractivity contribution in [2.75, 3.05) is 0 Å². The number of benzene rings is 1. The molecule has 2 nitrogen and oxygen atoms in total. The van der Waals surface area contributed by atoms with Crippen molar-refractivity contribution in [3.63, 3.8) is 0 Å². The van der Waals surface area contributed by atoms with Crippen molar-refractivity contribution < 1.29 is 10.2 Å². The first-order valence-corrected chi connectivity index (χ1v) is 14.4. The first-order valence-electron chi connectivity index (χ1n) is 12.8. The van der Waals surface area contributed by atoms with Gasteiger partial charge < -0.3 is 10.2 Å². The molecule has 0 bridgehead atoms. The Hall–Kier alpha value is -0.840. The second kappa shape index (κ2) is 9.80. The Morgan fingerprint density at radius 2 is 1.14 bits per heavy atom. The van der Waals surface area contributed by atoms with E-state index in [4.69, 9.17) is 0 Å². The summed E-state index contributed by atoms with van der Waals surface area (Å²) < 4.78 is -0.142. The minimum Gasteiger partial charge on any atom is -0.507 e. The van der Waals surface area contributed by atoms with E-state index in [0.29, 0.717) is 5.75 Å². The molecule has 0 spiro atoms. The molecule has 198 valence electrons. The summed E-state index contributed by atoms with van der Waals surface area (Å²) in [5, 5.41) is 22.4. The van der Waals surface area contributed by atoms with E-state index in [1.807, 2.05) is 23.5 Å². The van der Waals surface area contributed by atoms with Gasteiger partial charge in [0.25, 0.3) is 0 Å². The van der Waals surface area contributed by atoms with Gasteiger partial charge in [-0.05, 0) is 59.3 Å². The van der Waals surface area contributed by atoms with Gasteiger partial charge in [-0.3, -0.25) is 0 Å². The lowest BCUT2D eigenvalue weighted by molar-refractivity contribution is 0.0824. The van der Waals surface area contributed by atoms with Gasteiger partial charge in [0.1, 0.15) is 5.75 Å². The molecule has 0 fully saturated rings. The van der Waals surface area contributed by atoms with Gasteiger partial charge in [0.15, 0.2) is 0 Å². The number of phenols is 1. The second-order valence-electron chi connectivity index (χ2n) is 14.7. The van der Waals surface area contributed by atoms with Crippen molar-refractivity contribution in [3.05, 3.63) is 45.9 Å². The highest BCUT2D eigenvalue weighted by Gasteiger charge is 2.39. The number of aliphatic hydroxyl groups is 1. The Bertz CT molecular complexity index is 952. The van der Waals surface area contributed by atoms with Crippen LogP contribution in [0, 0.1) is 16.7 Å². The number of rotatable bonds is 4. The number of allylic oxidation sites excluding steroid dienone is 1. The quantitative estimate of drug-likeness (QED) is 0.307. The maximum atomic E-state index is 11.2. The SMILES string of the molecule is CC(C)(SC1=CC(C(C)(C)C)C(O)C(C(C)(C)C)=C1)Sc1cc(C(C)(C)C)c(O)c(C(C)(C)C)c1. The van der Waals surface area contributed by atoms with E-state index < -0.39 is 6.10 Å². The molecule has 35 heavy (non-hydrogen) atoms. The van der Waals surface area contributed by atoms with Crippen LogP contribution in [0.2, 0.25) is 0 Å². The molecule has 2 unspecified atom stereocenters. The fourth-order valence-electron chi connectivity index (χ4n) is 4.59. The summed E-state index contributed by atoms with van der Waals surface area (Å²) in [6, 6.07) is 4.34. The van der Waals surface area contributed by atoms with Crippen LogP contribution in [-0.4, -0.2) is 20.4 Å². The molecule has 0 radical (unpaired) electrons. The van der Waals surface area contributed by atoms with Crippen molar-refractivity contribution >= 4 is 23.5 Å². The minimum absolute atomic E-state index is 0.0343. The number of aliphatic hydroxyl groups excluding tert-OH is 1. The molecule has 1 aromatic rings. The van der Waals surface area contributed by atoms with E-state index in [-0.39, 0.29) is 31.7 Å². The van der Waals surface area contributed by atoms with Gasteiger partial charge in [-0.15, -0.1) is 23.5 Å². The van der Waals surface area contributed by atoms with Gasteiger partial charge in [0.2, 0.25) is 0 Å². The molecule has 1 aliphatic rings. The van der Waals surface area contributed by atoms with Crippen molar-refractivity contribution in [3.8, 4) is 5.75 Å². The summed E-state index contributed by atoms with van der Waals surface area (Å²) in [5.74, 6) is 0.494. The van der Waals surface area contributed by atoms with Gasteiger partial charge in [-0.1, -0.05) is 89.2 Å². The molecule has 2 rings (SSSR count). The molecular weight excluding hydrogens is 468 g/mol. The van der Waals surface area contributed by atoms with Crippen LogP contribution in [0.1, 0.15) is 108 Å². The summed E-state index contributed by atoms with van der Waals surface area (Å²) in [7, 11) is 0. The van der Waals surface area contributed by atoms with E-state index in [0.717, 1.165) is 16.7 Å². The predicted molar refractivity (Wildman–Crippen MR) is 158 cm³/mol. The lowest BCUT2D eigenvalue weighted by atomic mass is 9.68. The van der Waals surface area contributed by atoms with Crippen LogP contribution in [0.4, 0.5) is 0 Å². The average Bonchev–Trinajstić information content (AvgIpc) is 2.60. The number of hydrogen-bond donors (Lipinski definition) is 2. The first kappa shape index (κ1) is 30.4. The molecule has 0 saturated carbocycles. The number of thioether (sulfide) groups is 2. The lowest BCUT2D eigenvalue weighted by Crippen LogP contribution is -2.37. The fraction of sp³-hybridized carbons (Fsp3) is 0.677. The highest BCUT2D eigenvalue weighted by atomic mass is 32.2. The van der Waals surface area contributed by atoms with Gasteiger partial charge in [-0.2, -0.15) is 0 Å². The molecule has 2 N–H and O–H groups in total. The van der Waals surface area contributed by atoms with Gasteiger partial charge >= 0.3 is 0 Å². The van der Waals surface area contributed by atoms with Gasteiger partial charge in [-0.25, -0.2) is 0 Å². The third-order valence-corrected chi connectivity index (χ3v) is 9.04. The largest absolute Gasteiger partial charge is 0.507 e. The van der Waals surface area contributed by atoms with Crippen LogP contribution in [0.5, 0.6) is 5.75 Å². The van der Waals surface area contributed by atoms with E-state index in [1.165, 1.54) is 9.80 Å². The number of phenolic OH excluding ortho intramolecular Hbond substituents is 1. The summed E-state index contributed by atoms with van der Waals surface area (Å²) >= 11 is 3.71. The molecule has 0 heterocycles. The van der Waals surface area contributed by atoms with Crippen LogP contribution in [0.15, 0.2) is 39.7 Å². The second-order valence-corrected chi connectivity index (χ2v) is 18.4. The molecule has 1 aliphatic carbocycles. The Labute approximate surface area is 224 Å². The molecular formula is C31H50O2S2. The van der Waals surface area contributed by atoms with Crippen LogP contribution in [-0.2, 0) is 10.8 Å². The minimum atomic E-state index is -0.462. The average molecular weight is 519 g/mol. The lowest BCUT2D eigenvalue weighted by Gasteiger charge is -2.41. The van der Waals surface area contributed by atoms with Crippen LogP contribution >= 0.6 is 23.5 Å². The molecule has 4 heteroatoms. The van der Waals surface area contributed by atoms with Crippen molar-refractivity contribution in [1.82, 2.24) is 0 Å². The van der Waals surface area contributed by atoms with Crippen molar-refractivity contribution in [2.45, 2.75) is 123 Å². The molecule has 0 amide bonds. The number of hydrogen-bond acceptors (Lipinski definition) is 4. The van der Waals surface area contributed by atoms with Crippen molar-refractivity contribution in [1.29, 1.82) is 0 Å². The maximum Gasteiger partial charge on any atom is 0.123 e. The molecule has 0 saturated heterocycles. The Kier molecular flexibility index (Phi) is 8.51. The third-order valence-electron chi connectivity index (χ3n) is 6.59. The fourth-order valence-corrected chi connectivity index (χ4v) is 7.23. The predicted octanol–water partition coefficient (Wildman–Crippen LogP) is 9.44. The molecule has 0 aromatic heterocycles. The topological polar surface area (TPSA) is 40.5 Å². The highest BCUT2D eigenvalue weighted by Crippen LogP contribution is 2.51. The number of aromatic hydroxyl groups is 1. The molecule has 1 aromatic carbocycles. The Morgan fingerprint density at radius 3 is 1.51 bits per heavy atom. The van der Waals surface area contributed by atoms with E-state index >= 15 is 0 Å². The zero-order valence-electron chi connectivity index (χ0n) is 24.7. The smallest absolute Gasteiger partial charge is 0.123 e. The normalized spacial score (nSPS) is 20.5. The third kappa shape index (κ3) is 7.58. The van der Waals surface area contributed by atoms with Crippen LogP contribution in [0.3, 0.4) is 0 Å². The first-order chi connectivity index (χ1) is 15.4. The van der Waals surface area contributed by atoms with E-state index in [9.17, 15) is 10.2 Å². The summed E-state index contributed by atoms with van der Waals surface area (Å²) in [5.41, 5.74) is 2.67. The van der Waals surface area contributed by atoms with Gasteiger partial charge in [0.05, 0.1) is 10.2 Å². The van der Waals surface area contributed by atoms with E-state index in [1.54, 1.807) is 0 Å². The highest BCUT2D eigenvalue weighted by molar-refractivity contribution is 8.20. The van der Waals surface area contributed by atoms with Crippen LogP contribution < -0.4 is 0 Å². The molecule has 2 atom stereocenters. The summed E-state index contributed by atoms with van der Waals surface area (Å²) in [4.78, 5) is 2.41. The van der Waals surface area contributed by atoms with Crippen molar-refractivity contribution in [2.24, 2.45) is 16.7 Å². The standard InChI is InChI=1S/C31H50O2S2/c1-27(2,3)21-15-19(16-22(25(21)32)28(4,5)6)34-31(13,14)35-20-17-23(29(7,8)9)26(33)24(18-20)30(10,11)12/h15-18,21,25,32-33H,1-14H3. The monoisotopic (exact) mass is 518 g/mol. The molecule has 0 aliphatic heterocycles. The zero-order chi connectivity index (χ0) is 27.4.